The number of hydrogen-bond acceptors (Lipinski definition) is 3. The fourth-order valence-corrected chi connectivity index (χ4v) is 2.93. The summed E-state index contributed by atoms with van der Waals surface area (Å²) in [4.78, 5) is 24.7. The van der Waals surface area contributed by atoms with Crippen LogP contribution in [0.3, 0.4) is 0 Å². The van der Waals surface area contributed by atoms with Crippen LogP contribution in [-0.2, 0) is 20.5 Å². The lowest BCUT2D eigenvalue weighted by atomic mass is 10.1. The highest BCUT2D eigenvalue weighted by molar-refractivity contribution is 6.30. The van der Waals surface area contributed by atoms with Gasteiger partial charge in [-0.1, -0.05) is 11.6 Å². The maximum atomic E-state index is 13.3. The molecular weight excluding hydrogens is 373 g/mol. The molecule has 1 aliphatic rings. The Kier molecular flexibility index (Phi) is 6.88. The second-order valence-electron chi connectivity index (χ2n) is 6.02. The van der Waals surface area contributed by atoms with Gasteiger partial charge in [0.2, 0.25) is 11.8 Å². The van der Waals surface area contributed by atoms with Crippen LogP contribution in [0.25, 0.3) is 0 Å². The van der Waals surface area contributed by atoms with E-state index in [2.05, 4.69) is 5.32 Å². The van der Waals surface area contributed by atoms with Gasteiger partial charge in [-0.15, -0.1) is 0 Å². The predicted octanol–water partition coefficient (Wildman–Crippen LogP) is 3.40. The van der Waals surface area contributed by atoms with Crippen molar-refractivity contribution in [1.82, 2.24) is 5.32 Å². The van der Waals surface area contributed by atoms with Crippen LogP contribution >= 0.6 is 11.6 Å². The van der Waals surface area contributed by atoms with Crippen LogP contribution in [0.4, 0.5) is 18.9 Å². The van der Waals surface area contributed by atoms with Gasteiger partial charge < -0.3 is 15.0 Å². The Morgan fingerprint density at radius 3 is 2.69 bits per heavy atom. The molecule has 26 heavy (non-hydrogen) atoms. The van der Waals surface area contributed by atoms with Crippen LogP contribution in [0.5, 0.6) is 0 Å². The lowest BCUT2D eigenvalue weighted by molar-refractivity contribution is -0.137. The molecule has 0 saturated carbocycles. The van der Waals surface area contributed by atoms with Gasteiger partial charge in [-0.3, -0.25) is 9.59 Å². The molecule has 9 heteroatoms. The SMILES string of the molecule is CC(=O)N(CCC(=O)NCC1CCCO1)c1ccc(Cl)cc1C(F)(F)F. The molecule has 0 aromatic heterocycles. The van der Waals surface area contributed by atoms with Crippen molar-refractivity contribution in [3.63, 3.8) is 0 Å². The van der Waals surface area contributed by atoms with E-state index < -0.39 is 17.6 Å². The van der Waals surface area contributed by atoms with Crippen LogP contribution in [0.15, 0.2) is 18.2 Å². The zero-order chi connectivity index (χ0) is 19.3. The molecule has 0 bridgehead atoms. The van der Waals surface area contributed by atoms with Gasteiger partial charge in [-0.2, -0.15) is 13.2 Å². The number of nitrogens with one attached hydrogen (secondary N) is 1. The highest BCUT2D eigenvalue weighted by Crippen LogP contribution is 2.38. The monoisotopic (exact) mass is 392 g/mol. The molecule has 0 aliphatic carbocycles. The van der Waals surface area contributed by atoms with Crippen molar-refractivity contribution < 1.29 is 27.5 Å². The quantitative estimate of drug-likeness (QED) is 0.807. The zero-order valence-corrected chi connectivity index (χ0v) is 15.0. The predicted molar refractivity (Wildman–Crippen MR) is 91.1 cm³/mol. The molecule has 2 amide bonds. The molecule has 1 atom stereocenters. The molecule has 1 unspecified atom stereocenters. The molecule has 1 saturated heterocycles. The number of benzene rings is 1. The number of carbonyl (C=O) groups excluding carboxylic acids is 2. The van der Waals surface area contributed by atoms with Crippen molar-refractivity contribution >= 4 is 29.1 Å². The Labute approximate surface area is 154 Å². The number of hydrogen-bond donors (Lipinski definition) is 1. The Morgan fingerprint density at radius 2 is 2.12 bits per heavy atom. The normalized spacial score (nSPS) is 17.2. The highest BCUT2D eigenvalue weighted by atomic mass is 35.5. The number of ether oxygens (including phenoxy) is 1. The van der Waals surface area contributed by atoms with E-state index in [1.165, 1.54) is 6.07 Å². The molecular formula is C17H20ClF3N2O3. The highest BCUT2D eigenvalue weighted by Gasteiger charge is 2.36. The van der Waals surface area contributed by atoms with Gasteiger partial charge in [0.1, 0.15) is 0 Å². The zero-order valence-electron chi connectivity index (χ0n) is 14.2. The van der Waals surface area contributed by atoms with Gasteiger partial charge in [-0.05, 0) is 31.0 Å². The molecule has 144 valence electrons. The molecule has 1 aromatic carbocycles. The number of carbonyl (C=O) groups is 2. The Morgan fingerprint density at radius 1 is 1.38 bits per heavy atom. The standard InChI is InChI=1S/C17H20ClF3N2O3/c1-11(24)23(7-6-16(25)22-10-13-3-2-8-26-13)15-5-4-12(18)9-14(15)17(19,20)21/h4-5,9,13H,2-3,6-8,10H2,1H3,(H,22,25). The molecule has 0 spiro atoms. The molecule has 1 N–H and O–H groups in total. The van der Waals surface area contributed by atoms with E-state index in [4.69, 9.17) is 16.3 Å². The first kappa shape index (κ1) is 20.5. The Bertz CT molecular complexity index is 661. The van der Waals surface area contributed by atoms with Crippen LogP contribution in [0, 0.1) is 0 Å². The third-order valence-electron chi connectivity index (χ3n) is 4.05. The summed E-state index contributed by atoms with van der Waals surface area (Å²) >= 11 is 5.66. The topological polar surface area (TPSA) is 58.6 Å². The summed E-state index contributed by atoms with van der Waals surface area (Å²) in [6.45, 7) is 2.00. The largest absolute Gasteiger partial charge is 0.418 e. The molecule has 1 fully saturated rings. The number of alkyl halides is 3. The summed E-state index contributed by atoms with van der Waals surface area (Å²) in [5.74, 6) is -0.945. The van der Waals surface area contributed by atoms with E-state index in [0.717, 1.165) is 36.8 Å². The number of nitrogens with zero attached hydrogens (tertiary/aromatic N) is 1. The van der Waals surface area contributed by atoms with Crippen molar-refractivity contribution in [1.29, 1.82) is 0 Å². The summed E-state index contributed by atoms with van der Waals surface area (Å²) in [5.41, 5.74) is -1.33. The van der Waals surface area contributed by atoms with Gasteiger partial charge in [0.25, 0.3) is 0 Å². The minimum atomic E-state index is -4.67. The molecule has 5 nitrogen and oxygen atoms in total. The maximum absolute atomic E-state index is 13.3. The summed E-state index contributed by atoms with van der Waals surface area (Å²) in [5, 5.41) is 2.59. The molecule has 1 aliphatic heterocycles. The second-order valence-corrected chi connectivity index (χ2v) is 6.46. The lowest BCUT2D eigenvalue weighted by Gasteiger charge is -2.25. The Balaban J connectivity index is 2.05. The molecule has 0 radical (unpaired) electrons. The van der Waals surface area contributed by atoms with E-state index in [1.54, 1.807) is 0 Å². The van der Waals surface area contributed by atoms with E-state index in [9.17, 15) is 22.8 Å². The summed E-state index contributed by atoms with van der Waals surface area (Å²) in [7, 11) is 0. The van der Waals surface area contributed by atoms with E-state index in [0.29, 0.717) is 13.2 Å². The van der Waals surface area contributed by atoms with Crippen LogP contribution in [0.2, 0.25) is 5.02 Å². The van der Waals surface area contributed by atoms with E-state index >= 15 is 0 Å². The minimum Gasteiger partial charge on any atom is -0.376 e. The number of amides is 2. The number of halogens is 4. The van der Waals surface area contributed by atoms with Gasteiger partial charge >= 0.3 is 6.18 Å². The number of rotatable bonds is 6. The van der Waals surface area contributed by atoms with Crippen molar-refractivity contribution in [2.75, 3.05) is 24.6 Å². The van der Waals surface area contributed by atoms with Crippen LogP contribution < -0.4 is 10.2 Å². The average molecular weight is 393 g/mol. The fourth-order valence-electron chi connectivity index (χ4n) is 2.75. The lowest BCUT2D eigenvalue weighted by Crippen LogP contribution is -2.37. The van der Waals surface area contributed by atoms with Crippen molar-refractivity contribution in [3.05, 3.63) is 28.8 Å². The van der Waals surface area contributed by atoms with E-state index in [-0.39, 0.29) is 35.7 Å². The third-order valence-corrected chi connectivity index (χ3v) is 4.28. The smallest absolute Gasteiger partial charge is 0.376 e. The van der Waals surface area contributed by atoms with Crippen LogP contribution in [0.1, 0.15) is 31.7 Å². The first-order valence-corrected chi connectivity index (χ1v) is 8.59. The fraction of sp³-hybridized carbons (Fsp3) is 0.529. The third kappa shape index (κ3) is 5.60. The van der Waals surface area contributed by atoms with Gasteiger partial charge in [0.15, 0.2) is 0 Å². The average Bonchev–Trinajstić information content (AvgIpc) is 3.06. The molecule has 1 heterocycles. The van der Waals surface area contributed by atoms with Crippen molar-refractivity contribution in [2.24, 2.45) is 0 Å². The van der Waals surface area contributed by atoms with Crippen molar-refractivity contribution in [3.8, 4) is 0 Å². The molecule has 2 rings (SSSR count). The van der Waals surface area contributed by atoms with E-state index in [1.807, 2.05) is 0 Å². The van der Waals surface area contributed by atoms with Crippen molar-refractivity contribution in [2.45, 2.75) is 38.5 Å². The van der Waals surface area contributed by atoms with Gasteiger partial charge in [-0.25, -0.2) is 0 Å². The van der Waals surface area contributed by atoms with Crippen LogP contribution in [-0.4, -0.2) is 37.6 Å². The summed E-state index contributed by atoms with van der Waals surface area (Å²) in [6.07, 6.45) is -3.02. The number of anilines is 1. The Hall–Kier alpha value is -1.80. The molecule has 1 aromatic rings. The first-order chi connectivity index (χ1) is 12.2. The van der Waals surface area contributed by atoms with Gasteiger partial charge in [0.05, 0.1) is 17.4 Å². The second kappa shape index (κ2) is 8.73. The van der Waals surface area contributed by atoms with Gasteiger partial charge in [0, 0.05) is 38.1 Å². The minimum absolute atomic E-state index is 0.0315. The maximum Gasteiger partial charge on any atom is 0.418 e. The summed E-state index contributed by atoms with van der Waals surface area (Å²) < 4.78 is 45.1. The summed E-state index contributed by atoms with van der Waals surface area (Å²) in [6, 6.07) is 3.18. The first-order valence-electron chi connectivity index (χ1n) is 8.21.